The van der Waals surface area contributed by atoms with Gasteiger partial charge in [0.1, 0.15) is 11.3 Å². The molecule has 3 rings (SSSR count). The lowest BCUT2D eigenvalue weighted by Crippen LogP contribution is -2.21. The Morgan fingerprint density at radius 2 is 1.65 bits per heavy atom. The molecular weight excluding hydrogens is 282 g/mol. The molecule has 1 aromatic heterocycles. The molecule has 0 spiro atoms. The molecule has 0 unspecified atom stereocenters. The van der Waals surface area contributed by atoms with Crippen LogP contribution in [-0.4, -0.2) is 13.1 Å². The average molecular weight is 305 g/mol. The van der Waals surface area contributed by atoms with Gasteiger partial charge in [0.2, 0.25) is 0 Å². The monoisotopic (exact) mass is 305 g/mol. The lowest BCUT2D eigenvalue weighted by molar-refractivity contribution is 0.604. The first-order valence-electron chi connectivity index (χ1n) is 8.23. The Morgan fingerprint density at radius 1 is 0.913 bits per heavy atom. The predicted molar refractivity (Wildman–Crippen MR) is 99.9 cm³/mol. The number of anilines is 1. The van der Waals surface area contributed by atoms with Crippen LogP contribution in [0.2, 0.25) is 0 Å². The van der Waals surface area contributed by atoms with Gasteiger partial charge in [-0.15, -0.1) is 0 Å². The maximum atomic E-state index is 5.85. The summed E-state index contributed by atoms with van der Waals surface area (Å²) in [4.78, 5) is 2.34. The SMILES string of the molecule is CCN(CC)c1ccc(C=Cc2cc3cc(C)ccc3o2)cc1. The van der Waals surface area contributed by atoms with E-state index in [2.05, 4.69) is 74.2 Å². The van der Waals surface area contributed by atoms with E-state index in [1.165, 1.54) is 16.8 Å². The van der Waals surface area contributed by atoms with Crippen LogP contribution in [0.3, 0.4) is 0 Å². The zero-order valence-electron chi connectivity index (χ0n) is 14.0. The number of aryl methyl sites for hydroxylation is 1. The third kappa shape index (κ3) is 3.48. The van der Waals surface area contributed by atoms with Crippen molar-refractivity contribution in [1.29, 1.82) is 0 Å². The summed E-state index contributed by atoms with van der Waals surface area (Å²) < 4.78 is 5.85. The van der Waals surface area contributed by atoms with Gasteiger partial charge in [0.15, 0.2) is 0 Å². The molecule has 118 valence electrons. The highest BCUT2D eigenvalue weighted by Crippen LogP contribution is 2.22. The molecule has 0 aliphatic rings. The highest BCUT2D eigenvalue weighted by Gasteiger charge is 2.02. The molecule has 1 heterocycles. The van der Waals surface area contributed by atoms with Gasteiger partial charge in [0.25, 0.3) is 0 Å². The van der Waals surface area contributed by atoms with E-state index in [9.17, 15) is 0 Å². The Balaban J connectivity index is 1.78. The Kier molecular flexibility index (Phi) is 4.52. The second-order valence-electron chi connectivity index (χ2n) is 5.79. The molecule has 23 heavy (non-hydrogen) atoms. The van der Waals surface area contributed by atoms with Gasteiger partial charge in [0, 0.05) is 24.2 Å². The Hall–Kier alpha value is -2.48. The zero-order chi connectivity index (χ0) is 16.2. The molecule has 3 aromatic rings. The highest BCUT2D eigenvalue weighted by molar-refractivity contribution is 5.82. The van der Waals surface area contributed by atoms with Crippen molar-refractivity contribution in [2.45, 2.75) is 20.8 Å². The smallest absolute Gasteiger partial charge is 0.134 e. The number of hydrogen-bond acceptors (Lipinski definition) is 2. The van der Waals surface area contributed by atoms with Crippen LogP contribution in [-0.2, 0) is 0 Å². The van der Waals surface area contributed by atoms with Gasteiger partial charge in [-0.2, -0.15) is 0 Å². The maximum absolute atomic E-state index is 5.85. The Morgan fingerprint density at radius 3 is 2.35 bits per heavy atom. The molecule has 0 aliphatic carbocycles. The second-order valence-corrected chi connectivity index (χ2v) is 5.79. The Bertz CT molecular complexity index is 807. The first-order chi connectivity index (χ1) is 11.2. The quantitative estimate of drug-likeness (QED) is 0.596. The summed E-state index contributed by atoms with van der Waals surface area (Å²) in [6.45, 7) is 8.52. The fourth-order valence-corrected chi connectivity index (χ4v) is 2.83. The van der Waals surface area contributed by atoms with Crippen LogP contribution in [0, 0.1) is 6.92 Å². The average Bonchev–Trinajstić information content (AvgIpc) is 2.97. The summed E-state index contributed by atoms with van der Waals surface area (Å²) >= 11 is 0. The van der Waals surface area contributed by atoms with Crippen LogP contribution in [0.5, 0.6) is 0 Å². The number of hydrogen-bond donors (Lipinski definition) is 0. The van der Waals surface area contributed by atoms with Gasteiger partial charge in [-0.3, -0.25) is 0 Å². The van der Waals surface area contributed by atoms with Crippen molar-refractivity contribution in [3.8, 4) is 0 Å². The topological polar surface area (TPSA) is 16.4 Å². The number of nitrogens with zero attached hydrogens (tertiary/aromatic N) is 1. The summed E-state index contributed by atoms with van der Waals surface area (Å²) in [6.07, 6.45) is 4.12. The fourth-order valence-electron chi connectivity index (χ4n) is 2.83. The van der Waals surface area contributed by atoms with Gasteiger partial charge in [-0.25, -0.2) is 0 Å². The van der Waals surface area contributed by atoms with E-state index >= 15 is 0 Å². The fraction of sp³-hybridized carbons (Fsp3) is 0.238. The highest BCUT2D eigenvalue weighted by atomic mass is 16.3. The van der Waals surface area contributed by atoms with Crippen molar-refractivity contribution in [3.05, 3.63) is 65.4 Å². The lowest BCUT2D eigenvalue weighted by Gasteiger charge is -2.20. The molecule has 0 amide bonds. The number of furan rings is 1. The second kappa shape index (κ2) is 6.74. The van der Waals surface area contributed by atoms with Crippen molar-refractivity contribution < 1.29 is 4.42 Å². The van der Waals surface area contributed by atoms with E-state index in [4.69, 9.17) is 4.42 Å². The molecule has 2 heteroatoms. The zero-order valence-corrected chi connectivity index (χ0v) is 14.0. The normalized spacial score (nSPS) is 11.4. The van der Waals surface area contributed by atoms with E-state index < -0.39 is 0 Å². The summed E-state index contributed by atoms with van der Waals surface area (Å²) in [5.74, 6) is 0.887. The summed E-state index contributed by atoms with van der Waals surface area (Å²) in [6, 6.07) is 17.0. The van der Waals surface area contributed by atoms with E-state index in [-0.39, 0.29) is 0 Å². The standard InChI is InChI=1S/C21H23NO/c1-4-22(5-2)19-10-7-17(8-11-19)9-12-20-15-18-14-16(3)6-13-21(18)23-20/h6-15H,4-5H2,1-3H3. The molecule has 0 fully saturated rings. The predicted octanol–water partition coefficient (Wildman–Crippen LogP) is 5.76. The number of rotatable bonds is 5. The molecule has 0 bridgehead atoms. The first kappa shape index (κ1) is 15.4. The van der Waals surface area contributed by atoms with Gasteiger partial charge in [0.05, 0.1) is 0 Å². The number of fused-ring (bicyclic) bond motifs is 1. The third-order valence-electron chi connectivity index (χ3n) is 4.15. The minimum Gasteiger partial charge on any atom is -0.457 e. The van der Waals surface area contributed by atoms with Crippen molar-refractivity contribution in [3.63, 3.8) is 0 Å². The number of benzene rings is 2. The molecule has 0 aliphatic heterocycles. The van der Waals surface area contributed by atoms with E-state index in [1.807, 2.05) is 12.1 Å². The van der Waals surface area contributed by atoms with Crippen molar-refractivity contribution >= 4 is 28.8 Å². The van der Waals surface area contributed by atoms with E-state index in [1.54, 1.807) is 0 Å². The van der Waals surface area contributed by atoms with Crippen molar-refractivity contribution in [2.75, 3.05) is 18.0 Å². The molecule has 0 saturated heterocycles. The van der Waals surface area contributed by atoms with E-state index in [0.717, 1.165) is 29.8 Å². The van der Waals surface area contributed by atoms with Crippen molar-refractivity contribution in [1.82, 2.24) is 0 Å². The van der Waals surface area contributed by atoms with Crippen LogP contribution in [0.4, 0.5) is 5.69 Å². The van der Waals surface area contributed by atoms with Gasteiger partial charge in [-0.05, 0) is 62.7 Å². The minimum absolute atomic E-state index is 0.887. The largest absolute Gasteiger partial charge is 0.457 e. The molecule has 0 atom stereocenters. The summed E-state index contributed by atoms with van der Waals surface area (Å²) in [5, 5.41) is 1.15. The molecule has 2 nitrogen and oxygen atoms in total. The third-order valence-corrected chi connectivity index (χ3v) is 4.15. The molecule has 0 radical (unpaired) electrons. The van der Waals surface area contributed by atoms with E-state index in [0.29, 0.717) is 0 Å². The molecular formula is C21H23NO. The molecule has 0 saturated carbocycles. The summed E-state index contributed by atoms with van der Waals surface area (Å²) in [7, 11) is 0. The first-order valence-corrected chi connectivity index (χ1v) is 8.23. The van der Waals surface area contributed by atoms with Gasteiger partial charge in [-0.1, -0.05) is 29.8 Å². The van der Waals surface area contributed by atoms with Crippen LogP contribution in [0.1, 0.15) is 30.7 Å². The molecule has 2 aromatic carbocycles. The van der Waals surface area contributed by atoms with Crippen molar-refractivity contribution in [2.24, 2.45) is 0 Å². The van der Waals surface area contributed by atoms with Crippen LogP contribution in [0.25, 0.3) is 23.1 Å². The lowest BCUT2D eigenvalue weighted by atomic mass is 10.1. The molecule has 0 N–H and O–H groups in total. The van der Waals surface area contributed by atoms with Gasteiger partial charge < -0.3 is 9.32 Å². The van der Waals surface area contributed by atoms with Crippen LogP contribution < -0.4 is 4.90 Å². The van der Waals surface area contributed by atoms with Crippen LogP contribution >= 0.6 is 0 Å². The Labute approximate surface area is 138 Å². The van der Waals surface area contributed by atoms with Gasteiger partial charge >= 0.3 is 0 Å². The minimum atomic E-state index is 0.887. The maximum Gasteiger partial charge on any atom is 0.134 e. The summed E-state index contributed by atoms with van der Waals surface area (Å²) in [5.41, 5.74) is 4.64. The van der Waals surface area contributed by atoms with Crippen LogP contribution in [0.15, 0.2) is 52.9 Å².